The largest absolute Gasteiger partial charge is 0.369 e. The van der Waals surface area contributed by atoms with Crippen LogP contribution in [-0.2, 0) is 11.2 Å². The van der Waals surface area contributed by atoms with Gasteiger partial charge in [-0.2, -0.15) is 0 Å². The van der Waals surface area contributed by atoms with Gasteiger partial charge in [0.15, 0.2) is 0 Å². The highest BCUT2D eigenvalue weighted by Gasteiger charge is 2.16. The molecule has 1 amide bonds. The van der Waals surface area contributed by atoms with Gasteiger partial charge in [0.1, 0.15) is 0 Å². The fourth-order valence-electron chi connectivity index (χ4n) is 3.05. The molecule has 122 valence electrons. The zero-order valence-corrected chi connectivity index (χ0v) is 13.5. The van der Waals surface area contributed by atoms with Crippen molar-refractivity contribution in [2.75, 3.05) is 31.1 Å². The highest BCUT2D eigenvalue weighted by molar-refractivity contribution is 5.81. The van der Waals surface area contributed by atoms with Crippen LogP contribution >= 0.6 is 0 Å². The Hall–Kier alpha value is -2.07. The van der Waals surface area contributed by atoms with Crippen LogP contribution in [0, 0.1) is 5.92 Å². The minimum atomic E-state index is -0.0946. The number of hydrogen-bond acceptors (Lipinski definition) is 3. The van der Waals surface area contributed by atoms with Crippen molar-refractivity contribution in [3.05, 3.63) is 54.3 Å². The van der Waals surface area contributed by atoms with E-state index in [2.05, 4.69) is 45.9 Å². The van der Waals surface area contributed by atoms with E-state index in [0.717, 1.165) is 45.4 Å². The van der Waals surface area contributed by atoms with Gasteiger partial charge < -0.3 is 15.5 Å². The maximum absolute atomic E-state index is 12.2. The molecule has 0 radical (unpaired) electrons. The molecule has 1 atom stereocenters. The Labute approximate surface area is 138 Å². The Bertz CT molecular complexity index is 571. The van der Waals surface area contributed by atoms with Crippen LogP contribution in [0.5, 0.6) is 0 Å². The first-order chi connectivity index (χ1) is 11.3. The number of rotatable bonds is 3. The SMILES string of the molecule is O=C1N/C=C/CC/C=C/C1Cc1ccc(N2CCNCC2)cc1. The molecule has 0 bridgehead atoms. The lowest BCUT2D eigenvalue weighted by molar-refractivity contribution is -0.122. The Morgan fingerprint density at radius 3 is 2.57 bits per heavy atom. The smallest absolute Gasteiger partial charge is 0.231 e. The van der Waals surface area contributed by atoms with Crippen molar-refractivity contribution < 1.29 is 4.79 Å². The first-order valence-corrected chi connectivity index (χ1v) is 8.49. The second-order valence-electron chi connectivity index (χ2n) is 6.13. The van der Waals surface area contributed by atoms with Crippen molar-refractivity contribution in [1.29, 1.82) is 0 Å². The lowest BCUT2D eigenvalue weighted by atomic mass is 9.97. The molecule has 1 aromatic carbocycles. The van der Waals surface area contributed by atoms with Gasteiger partial charge in [0.25, 0.3) is 0 Å². The standard InChI is InChI=1S/C19H25N3O/c23-19-17(5-3-1-2-4-10-21-19)15-16-6-8-18(9-7-16)22-13-11-20-12-14-22/h3-10,17,20H,1-2,11-15H2,(H,21,23)/b5-3+,10-4+. The first kappa shape index (κ1) is 15.8. The summed E-state index contributed by atoms with van der Waals surface area (Å²) >= 11 is 0. The Kier molecular flexibility index (Phi) is 5.48. The van der Waals surface area contributed by atoms with Crippen LogP contribution in [0.1, 0.15) is 18.4 Å². The molecule has 2 N–H and O–H groups in total. The summed E-state index contributed by atoms with van der Waals surface area (Å²) in [6.45, 7) is 4.20. The lowest BCUT2D eigenvalue weighted by Crippen LogP contribution is -2.43. The zero-order chi connectivity index (χ0) is 15.9. The summed E-state index contributed by atoms with van der Waals surface area (Å²) < 4.78 is 0. The maximum Gasteiger partial charge on any atom is 0.231 e. The summed E-state index contributed by atoms with van der Waals surface area (Å²) in [4.78, 5) is 14.6. The predicted octanol–water partition coefficient (Wildman–Crippen LogP) is 2.23. The molecule has 1 fully saturated rings. The number of nitrogens with zero attached hydrogens (tertiary/aromatic N) is 1. The van der Waals surface area contributed by atoms with Crippen molar-refractivity contribution in [3.8, 4) is 0 Å². The van der Waals surface area contributed by atoms with Gasteiger partial charge in [-0.25, -0.2) is 0 Å². The molecule has 1 unspecified atom stereocenters. The maximum atomic E-state index is 12.2. The lowest BCUT2D eigenvalue weighted by Gasteiger charge is -2.29. The van der Waals surface area contributed by atoms with Crippen molar-refractivity contribution in [2.45, 2.75) is 19.3 Å². The van der Waals surface area contributed by atoms with E-state index in [1.54, 1.807) is 6.20 Å². The van der Waals surface area contributed by atoms with Crippen molar-refractivity contribution >= 4 is 11.6 Å². The third-order valence-corrected chi connectivity index (χ3v) is 4.42. The normalized spacial score (nSPS) is 25.0. The van der Waals surface area contributed by atoms with Gasteiger partial charge in [0.2, 0.25) is 5.91 Å². The molecule has 0 aliphatic carbocycles. The van der Waals surface area contributed by atoms with Gasteiger partial charge in [-0.15, -0.1) is 0 Å². The quantitative estimate of drug-likeness (QED) is 0.842. The molecule has 0 spiro atoms. The minimum absolute atomic E-state index is 0.0746. The highest BCUT2D eigenvalue weighted by Crippen LogP contribution is 2.19. The summed E-state index contributed by atoms with van der Waals surface area (Å²) in [6.07, 6.45) is 10.7. The average Bonchev–Trinajstić information content (AvgIpc) is 2.70. The van der Waals surface area contributed by atoms with Gasteiger partial charge in [-0.1, -0.05) is 30.4 Å². The second kappa shape index (κ2) is 7.97. The third-order valence-electron chi connectivity index (χ3n) is 4.42. The fraction of sp³-hybridized carbons (Fsp3) is 0.421. The van der Waals surface area contributed by atoms with Crippen molar-refractivity contribution in [3.63, 3.8) is 0 Å². The summed E-state index contributed by atoms with van der Waals surface area (Å²) in [5.74, 6) is -0.0200. The summed E-state index contributed by atoms with van der Waals surface area (Å²) in [7, 11) is 0. The van der Waals surface area contributed by atoms with Crippen LogP contribution in [-0.4, -0.2) is 32.1 Å². The molecular formula is C19H25N3O. The minimum Gasteiger partial charge on any atom is -0.369 e. The Morgan fingerprint density at radius 1 is 1.04 bits per heavy atom. The number of amides is 1. The molecule has 1 aromatic rings. The number of carbonyl (C=O) groups excluding carboxylic acids is 1. The van der Waals surface area contributed by atoms with Crippen LogP contribution < -0.4 is 15.5 Å². The van der Waals surface area contributed by atoms with E-state index < -0.39 is 0 Å². The van der Waals surface area contributed by atoms with Crippen LogP contribution in [0.2, 0.25) is 0 Å². The number of allylic oxidation sites excluding steroid dienone is 2. The van der Waals surface area contributed by atoms with E-state index in [4.69, 9.17) is 0 Å². The van der Waals surface area contributed by atoms with Gasteiger partial charge in [-0.3, -0.25) is 4.79 Å². The molecule has 4 nitrogen and oxygen atoms in total. The summed E-state index contributed by atoms with van der Waals surface area (Å²) in [6, 6.07) is 8.66. The van der Waals surface area contributed by atoms with E-state index in [9.17, 15) is 4.79 Å². The number of hydrogen-bond donors (Lipinski definition) is 2. The van der Waals surface area contributed by atoms with Crippen LogP contribution in [0.15, 0.2) is 48.7 Å². The van der Waals surface area contributed by atoms with Gasteiger partial charge in [0.05, 0.1) is 5.92 Å². The molecule has 4 heteroatoms. The average molecular weight is 311 g/mol. The molecule has 2 heterocycles. The Morgan fingerprint density at radius 2 is 1.78 bits per heavy atom. The summed E-state index contributed by atoms with van der Waals surface area (Å²) in [5, 5.41) is 6.24. The molecule has 2 aliphatic rings. The third kappa shape index (κ3) is 4.45. The zero-order valence-electron chi connectivity index (χ0n) is 13.5. The van der Waals surface area contributed by atoms with Crippen LogP contribution in [0.25, 0.3) is 0 Å². The fourth-order valence-corrected chi connectivity index (χ4v) is 3.05. The van der Waals surface area contributed by atoms with E-state index in [1.807, 2.05) is 12.2 Å². The van der Waals surface area contributed by atoms with E-state index in [-0.39, 0.29) is 11.8 Å². The number of benzene rings is 1. The van der Waals surface area contributed by atoms with E-state index in [0.29, 0.717) is 0 Å². The van der Waals surface area contributed by atoms with E-state index in [1.165, 1.54) is 11.3 Å². The molecular weight excluding hydrogens is 286 g/mol. The Balaban J connectivity index is 1.65. The number of nitrogens with one attached hydrogen (secondary N) is 2. The number of carbonyl (C=O) groups is 1. The van der Waals surface area contributed by atoms with Crippen LogP contribution in [0.4, 0.5) is 5.69 Å². The molecule has 1 saturated heterocycles. The topological polar surface area (TPSA) is 44.4 Å². The highest BCUT2D eigenvalue weighted by atomic mass is 16.1. The van der Waals surface area contributed by atoms with E-state index >= 15 is 0 Å². The van der Waals surface area contributed by atoms with Gasteiger partial charge >= 0.3 is 0 Å². The molecule has 2 aliphatic heterocycles. The monoisotopic (exact) mass is 311 g/mol. The van der Waals surface area contributed by atoms with Gasteiger partial charge in [0, 0.05) is 31.9 Å². The second-order valence-corrected chi connectivity index (χ2v) is 6.13. The number of piperazine rings is 1. The molecule has 3 rings (SSSR count). The predicted molar refractivity (Wildman–Crippen MR) is 94.4 cm³/mol. The summed E-state index contributed by atoms with van der Waals surface area (Å²) in [5.41, 5.74) is 2.48. The van der Waals surface area contributed by atoms with Crippen LogP contribution in [0.3, 0.4) is 0 Å². The van der Waals surface area contributed by atoms with Gasteiger partial charge in [-0.05, 0) is 43.2 Å². The first-order valence-electron chi connectivity index (χ1n) is 8.49. The van der Waals surface area contributed by atoms with Crippen molar-refractivity contribution in [2.24, 2.45) is 5.92 Å². The molecule has 23 heavy (non-hydrogen) atoms. The molecule has 0 aromatic heterocycles. The molecule has 0 saturated carbocycles. The number of anilines is 1. The van der Waals surface area contributed by atoms with Crippen molar-refractivity contribution in [1.82, 2.24) is 10.6 Å².